The van der Waals surface area contributed by atoms with Crippen molar-refractivity contribution < 1.29 is 0 Å². The largest absolute Gasteiger partial charge is 0.367 e. The van der Waals surface area contributed by atoms with E-state index in [9.17, 15) is 5.26 Å². The molecule has 1 aliphatic heterocycles. The van der Waals surface area contributed by atoms with E-state index >= 15 is 0 Å². The Hall–Kier alpha value is -2.38. The highest BCUT2D eigenvalue weighted by Crippen LogP contribution is 2.21. The second-order valence-corrected chi connectivity index (χ2v) is 6.64. The molecule has 0 spiro atoms. The summed E-state index contributed by atoms with van der Waals surface area (Å²) in [7, 11) is 0. The average molecular weight is 320 g/mol. The van der Waals surface area contributed by atoms with Crippen LogP contribution in [0.25, 0.3) is 0 Å². The van der Waals surface area contributed by atoms with Gasteiger partial charge in [-0.3, -0.25) is 4.90 Å². The molecule has 0 amide bonds. The zero-order chi connectivity index (χ0) is 17.1. The molecule has 0 unspecified atom stereocenters. The lowest BCUT2D eigenvalue weighted by atomic mass is 9.99. The lowest BCUT2D eigenvalue weighted by Gasteiger charge is -2.34. The van der Waals surface area contributed by atoms with Gasteiger partial charge in [0.25, 0.3) is 0 Å². The first-order valence-corrected chi connectivity index (χ1v) is 8.51. The van der Waals surface area contributed by atoms with Crippen molar-refractivity contribution in [1.29, 1.82) is 5.26 Å². The molecule has 3 rings (SSSR count). The van der Waals surface area contributed by atoms with Crippen molar-refractivity contribution in [3.8, 4) is 6.07 Å². The summed E-state index contributed by atoms with van der Waals surface area (Å²) in [5, 5.41) is 12.8. The van der Waals surface area contributed by atoms with Crippen molar-refractivity contribution in [2.45, 2.75) is 39.8 Å². The topological polar surface area (TPSA) is 52.0 Å². The maximum absolute atomic E-state index is 9.37. The molecule has 0 aliphatic carbocycles. The van der Waals surface area contributed by atoms with Crippen LogP contribution in [-0.4, -0.2) is 29.0 Å². The van der Waals surface area contributed by atoms with E-state index in [0.29, 0.717) is 17.4 Å². The third kappa shape index (κ3) is 3.42. The van der Waals surface area contributed by atoms with Gasteiger partial charge in [-0.05, 0) is 49.9 Å². The minimum Gasteiger partial charge on any atom is -0.367 e. The van der Waals surface area contributed by atoms with Crippen LogP contribution in [0.4, 0.5) is 5.82 Å². The fraction of sp³-hybridized carbons (Fsp3) is 0.400. The predicted octanol–water partition coefficient (Wildman–Crippen LogP) is 3.43. The maximum Gasteiger partial charge on any atom is 0.144 e. The number of hydrogen-bond acceptors (Lipinski definition) is 4. The van der Waals surface area contributed by atoms with E-state index < -0.39 is 0 Å². The fourth-order valence-corrected chi connectivity index (χ4v) is 3.37. The van der Waals surface area contributed by atoms with Crippen LogP contribution in [0.3, 0.4) is 0 Å². The minimum absolute atomic E-state index is 0.382. The Balaban J connectivity index is 1.67. The van der Waals surface area contributed by atoms with Gasteiger partial charge in [-0.15, -0.1) is 0 Å². The molecule has 2 heterocycles. The molecule has 4 nitrogen and oxygen atoms in total. The number of rotatable bonds is 4. The summed E-state index contributed by atoms with van der Waals surface area (Å²) in [4.78, 5) is 7.00. The van der Waals surface area contributed by atoms with Gasteiger partial charge in [0, 0.05) is 31.4 Å². The first kappa shape index (κ1) is 16.5. The van der Waals surface area contributed by atoms with E-state index in [-0.39, 0.29) is 0 Å². The van der Waals surface area contributed by atoms with E-state index in [2.05, 4.69) is 52.5 Å². The SMILES string of the molecule is Cc1cc(C)c(C#N)c(NC[C@H](C)N2CCc3ccccc3C2)n1. The lowest BCUT2D eigenvalue weighted by Crippen LogP contribution is -2.41. The number of benzene rings is 1. The molecule has 1 N–H and O–H groups in total. The molecule has 4 heteroatoms. The molecule has 0 bridgehead atoms. The van der Waals surface area contributed by atoms with Gasteiger partial charge in [0.05, 0.1) is 5.56 Å². The summed E-state index contributed by atoms with van der Waals surface area (Å²) in [6.07, 6.45) is 1.10. The molecule has 0 saturated carbocycles. The van der Waals surface area contributed by atoms with Gasteiger partial charge < -0.3 is 5.32 Å². The van der Waals surface area contributed by atoms with Crippen LogP contribution in [0.2, 0.25) is 0 Å². The van der Waals surface area contributed by atoms with Crippen LogP contribution in [0.5, 0.6) is 0 Å². The Morgan fingerprint density at radius 1 is 1.29 bits per heavy atom. The average Bonchev–Trinajstić information content (AvgIpc) is 2.58. The van der Waals surface area contributed by atoms with E-state index in [1.54, 1.807) is 0 Å². The molecule has 1 atom stereocenters. The van der Waals surface area contributed by atoms with E-state index in [1.807, 2.05) is 19.9 Å². The summed E-state index contributed by atoms with van der Waals surface area (Å²) in [5.41, 5.74) is 5.46. The third-order valence-electron chi connectivity index (χ3n) is 4.80. The smallest absolute Gasteiger partial charge is 0.144 e. The second kappa shape index (κ2) is 7.02. The molecule has 0 fully saturated rings. The Morgan fingerprint density at radius 3 is 2.79 bits per heavy atom. The number of nitriles is 1. The van der Waals surface area contributed by atoms with Crippen molar-refractivity contribution in [3.05, 3.63) is 58.3 Å². The first-order valence-electron chi connectivity index (χ1n) is 8.51. The van der Waals surface area contributed by atoms with Gasteiger partial charge in [0.15, 0.2) is 0 Å². The number of anilines is 1. The summed E-state index contributed by atoms with van der Waals surface area (Å²) >= 11 is 0. The van der Waals surface area contributed by atoms with Gasteiger partial charge in [-0.2, -0.15) is 5.26 Å². The molecule has 1 aromatic heterocycles. The van der Waals surface area contributed by atoms with E-state index in [0.717, 1.165) is 37.3 Å². The minimum atomic E-state index is 0.382. The highest BCUT2D eigenvalue weighted by Gasteiger charge is 2.20. The molecular formula is C20H24N4. The van der Waals surface area contributed by atoms with Gasteiger partial charge in [-0.1, -0.05) is 24.3 Å². The zero-order valence-corrected chi connectivity index (χ0v) is 14.6. The van der Waals surface area contributed by atoms with Gasteiger partial charge in [0.2, 0.25) is 0 Å². The highest BCUT2D eigenvalue weighted by atomic mass is 15.2. The molecule has 24 heavy (non-hydrogen) atoms. The van der Waals surface area contributed by atoms with Crippen LogP contribution < -0.4 is 5.32 Å². The maximum atomic E-state index is 9.37. The third-order valence-corrected chi connectivity index (χ3v) is 4.80. The summed E-state index contributed by atoms with van der Waals surface area (Å²) in [6.45, 7) is 9.01. The standard InChI is InChI=1S/C20H24N4/c1-14-10-15(2)23-20(19(14)11-21)22-12-16(3)24-9-8-17-6-4-5-7-18(17)13-24/h4-7,10,16H,8-9,12-13H2,1-3H3,(H,22,23)/t16-/m0/s1. The van der Waals surface area contributed by atoms with Gasteiger partial charge in [0.1, 0.15) is 11.9 Å². The van der Waals surface area contributed by atoms with Gasteiger partial charge in [-0.25, -0.2) is 4.98 Å². The normalized spacial score (nSPS) is 15.4. The number of nitrogens with zero attached hydrogens (tertiary/aromatic N) is 3. The summed E-state index contributed by atoms with van der Waals surface area (Å²) in [6, 6.07) is 13.3. The van der Waals surface area contributed by atoms with E-state index in [4.69, 9.17) is 0 Å². The van der Waals surface area contributed by atoms with Crippen LogP contribution in [0.1, 0.15) is 34.9 Å². The number of nitrogens with one attached hydrogen (secondary N) is 1. The van der Waals surface area contributed by atoms with Crippen LogP contribution in [0.15, 0.2) is 30.3 Å². The van der Waals surface area contributed by atoms with Crippen molar-refractivity contribution >= 4 is 5.82 Å². The quantitative estimate of drug-likeness (QED) is 0.938. The number of aryl methyl sites for hydroxylation is 2. The van der Waals surface area contributed by atoms with Crippen molar-refractivity contribution in [3.63, 3.8) is 0 Å². The van der Waals surface area contributed by atoms with Crippen LogP contribution in [-0.2, 0) is 13.0 Å². The lowest BCUT2D eigenvalue weighted by molar-refractivity contribution is 0.198. The molecule has 124 valence electrons. The fourth-order valence-electron chi connectivity index (χ4n) is 3.37. The molecular weight excluding hydrogens is 296 g/mol. The van der Waals surface area contributed by atoms with Crippen LogP contribution in [0, 0.1) is 25.2 Å². The molecule has 0 saturated heterocycles. The van der Waals surface area contributed by atoms with Crippen molar-refractivity contribution in [2.75, 3.05) is 18.4 Å². The molecule has 0 radical (unpaired) electrons. The van der Waals surface area contributed by atoms with Crippen molar-refractivity contribution in [2.24, 2.45) is 0 Å². The Kier molecular flexibility index (Phi) is 4.82. The predicted molar refractivity (Wildman–Crippen MR) is 96.9 cm³/mol. The molecule has 1 aliphatic rings. The monoisotopic (exact) mass is 320 g/mol. The van der Waals surface area contributed by atoms with Gasteiger partial charge >= 0.3 is 0 Å². The number of pyridine rings is 1. The number of fused-ring (bicyclic) bond motifs is 1. The second-order valence-electron chi connectivity index (χ2n) is 6.64. The Morgan fingerprint density at radius 2 is 2.04 bits per heavy atom. The summed E-state index contributed by atoms with van der Waals surface area (Å²) in [5.74, 6) is 0.708. The Labute approximate surface area is 144 Å². The van der Waals surface area contributed by atoms with E-state index in [1.165, 1.54) is 11.1 Å². The van der Waals surface area contributed by atoms with Crippen molar-refractivity contribution in [1.82, 2.24) is 9.88 Å². The number of hydrogen-bond donors (Lipinski definition) is 1. The first-order chi connectivity index (χ1) is 11.6. The Bertz CT molecular complexity index is 776. The summed E-state index contributed by atoms with van der Waals surface area (Å²) < 4.78 is 0. The number of aromatic nitrogens is 1. The highest BCUT2D eigenvalue weighted by molar-refractivity contribution is 5.56. The molecule has 2 aromatic rings. The molecule has 1 aromatic carbocycles. The zero-order valence-electron chi connectivity index (χ0n) is 14.6. The van der Waals surface area contributed by atoms with Crippen LogP contribution >= 0.6 is 0 Å².